The summed E-state index contributed by atoms with van der Waals surface area (Å²) in [5.74, 6) is -4.44. The van der Waals surface area contributed by atoms with Crippen LogP contribution in [0.15, 0.2) is 66.7 Å². The molecule has 1 heterocycles. The summed E-state index contributed by atoms with van der Waals surface area (Å²) in [6.07, 6.45) is -3.53. The summed E-state index contributed by atoms with van der Waals surface area (Å²) in [5.41, 5.74) is 0.639. The standard InChI is InChI=1S/C30H28O13/c31-17-6-1-15(2-7-17)5-12-24(35)41-14-23-27(38)28(39)29(40)30(43-23)42-22-11-8-18(25(36)26(22)37)19(32)9-3-16-4-10-20(33)21(34)13-16/h1-13,23,27-31,33-34,36-40H,14H2. The van der Waals surface area contributed by atoms with Gasteiger partial charge < -0.3 is 55.1 Å². The van der Waals surface area contributed by atoms with Crippen LogP contribution in [-0.2, 0) is 14.3 Å². The fraction of sp³-hybridized carbons (Fsp3) is 0.200. The van der Waals surface area contributed by atoms with Gasteiger partial charge in [-0.1, -0.05) is 24.3 Å². The van der Waals surface area contributed by atoms with E-state index >= 15 is 0 Å². The number of hydrogen-bond acceptors (Lipinski definition) is 13. The van der Waals surface area contributed by atoms with Crippen molar-refractivity contribution in [1.82, 2.24) is 0 Å². The Morgan fingerprint density at radius 2 is 1.42 bits per heavy atom. The van der Waals surface area contributed by atoms with Crippen molar-refractivity contribution in [3.05, 3.63) is 83.4 Å². The molecule has 1 saturated heterocycles. The van der Waals surface area contributed by atoms with Crippen LogP contribution in [0.2, 0.25) is 0 Å². The highest BCUT2D eigenvalue weighted by Gasteiger charge is 2.45. The monoisotopic (exact) mass is 596 g/mol. The van der Waals surface area contributed by atoms with Crippen molar-refractivity contribution in [1.29, 1.82) is 0 Å². The van der Waals surface area contributed by atoms with Crippen LogP contribution in [0.25, 0.3) is 12.2 Å². The number of ketones is 1. The Morgan fingerprint density at radius 1 is 0.744 bits per heavy atom. The number of benzene rings is 3. The first-order chi connectivity index (χ1) is 20.4. The van der Waals surface area contributed by atoms with Crippen LogP contribution in [0.4, 0.5) is 0 Å². The fourth-order valence-corrected chi connectivity index (χ4v) is 4.00. The Kier molecular flexibility index (Phi) is 9.52. The number of hydrogen-bond donors (Lipinski definition) is 8. The van der Waals surface area contributed by atoms with Gasteiger partial charge in [0.05, 0.1) is 5.56 Å². The van der Waals surface area contributed by atoms with Gasteiger partial charge in [0.2, 0.25) is 12.0 Å². The second-order valence-corrected chi connectivity index (χ2v) is 9.44. The van der Waals surface area contributed by atoms with Crippen molar-refractivity contribution >= 4 is 23.9 Å². The Balaban J connectivity index is 1.41. The van der Waals surface area contributed by atoms with Crippen LogP contribution in [0.1, 0.15) is 21.5 Å². The lowest BCUT2D eigenvalue weighted by molar-refractivity contribution is -0.278. The van der Waals surface area contributed by atoms with Gasteiger partial charge in [-0.25, -0.2) is 4.79 Å². The molecular weight excluding hydrogens is 568 g/mol. The molecule has 226 valence electrons. The Hall–Kier alpha value is -5.08. The largest absolute Gasteiger partial charge is 0.508 e. The number of phenols is 5. The summed E-state index contributed by atoms with van der Waals surface area (Å²) >= 11 is 0. The summed E-state index contributed by atoms with van der Waals surface area (Å²) in [4.78, 5) is 24.7. The van der Waals surface area contributed by atoms with Crippen LogP contribution in [-0.4, -0.2) is 89.9 Å². The molecule has 1 fully saturated rings. The van der Waals surface area contributed by atoms with E-state index < -0.39 is 72.1 Å². The van der Waals surface area contributed by atoms with Crippen LogP contribution >= 0.6 is 0 Å². The molecule has 13 nitrogen and oxygen atoms in total. The number of aliphatic hydroxyl groups is 3. The summed E-state index contributed by atoms with van der Waals surface area (Å²) in [5, 5.41) is 80.2. The molecule has 0 aromatic heterocycles. The number of phenolic OH excluding ortho intramolecular Hbond substituents is 5. The molecule has 0 bridgehead atoms. The molecule has 0 saturated carbocycles. The highest BCUT2D eigenvalue weighted by Crippen LogP contribution is 2.40. The predicted molar refractivity (Wildman–Crippen MR) is 148 cm³/mol. The topological polar surface area (TPSA) is 224 Å². The summed E-state index contributed by atoms with van der Waals surface area (Å²) in [6.45, 7) is -0.556. The van der Waals surface area contributed by atoms with E-state index in [1.807, 2.05) is 0 Å². The third-order valence-electron chi connectivity index (χ3n) is 6.41. The molecule has 5 unspecified atom stereocenters. The highest BCUT2D eigenvalue weighted by molar-refractivity contribution is 6.09. The number of esters is 1. The third kappa shape index (κ3) is 7.42. The van der Waals surface area contributed by atoms with Gasteiger partial charge in [0.15, 0.2) is 28.8 Å². The molecule has 1 aliphatic rings. The smallest absolute Gasteiger partial charge is 0.330 e. The lowest BCUT2D eigenvalue weighted by atomic mass is 9.99. The second-order valence-electron chi connectivity index (χ2n) is 9.44. The zero-order chi connectivity index (χ0) is 31.3. The van der Waals surface area contributed by atoms with E-state index in [1.165, 1.54) is 42.5 Å². The van der Waals surface area contributed by atoms with E-state index in [0.717, 1.165) is 24.3 Å². The summed E-state index contributed by atoms with van der Waals surface area (Å²) in [7, 11) is 0. The molecule has 13 heteroatoms. The van der Waals surface area contributed by atoms with E-state index in [1.54, 1.807) is 12.1 Å². The maximum atomic E-state index is 12.6. The number of carbonyl (C=O) groups excluding carboxylic acids is 2. The van der Waals surface area contributed by atoms with E-state index in [2.05, 4.69) is 0 Å². The molecule has 3 aromatic carbocycles. The molecule has 0 radical (unpaired) electrons. The molecule has 0 amide bonds. The highest BCUT2D eigenvalue weighted by atomic mass is 16.7. The number of aromatic hydroxyl groups is 5. The minimum absolute atomic E-state index is 0.0512. The van der Waals surface area contributed by atoms with Crippen molar-refractivity contribution in [2.24, 2.45) is 0 Å². The van der Waals surface area contributed by atoms with E-state index in [-0.39, 0.29) is 17.1 Å². The minimum Gasteiger partial charge on any atom is -0.508 e. The van der Waals surface area contributed by atoms with Crippen LogP contribution < -0.4 is 4.74 Å². The van der Waals surface area contributed by atoms with E-state index in [0.29, 0.717) is 11.1 Å². The SMILES string of the molecule is O=C(C=Cc1ccc(O)cc1)OCC1OC(Oc2ccc(C(=O)C=Cc3ccc(O)c(O)c3)c(O)c2O)C(O)C(O)C1O. The molecule has 0 spiro atoms. The van der Waals surface area contributed by atoms with Crippen molar-refractivity contribution < 1.29 is 64.7 Å². The van der Waals surface area contributed by atoms with Crippen molar-refractivity contribution in [3.63, 3.8) is 0 Å². The van der Waals surface area contributed by atoms with Gasteiger partial charge in [0.25, 0.3) is 0 Å². The molecule has 5 atom stereocenters. The van der Waals surface area contributed by atoms with Gasteiger partial charge in [0.1, 0.15) is 36.8 Å². The fourth-order valence-electron chi connectivity index (χ4n) is 4.00. The van der Waals surface area contributed by atoms with Crippen molar-refractivity contribution in [3.8, 4) is 34.5 Å². The first kappa shape index (κ1) is 30.9. The van der Waals surface area contributed by atoms with Crippen LogP contribution in [0, 0.1) is 0 Å². The lowest BCUT2D eigenvalue weighted by Gasteiger charge is -2.39. The normalized spacial score (nSPS) is 22.1. The average molecular weight is 597 g/mol. The van der Waals surface area contributed by atoms with E-state index in [9.17, 15) is 50.4 Å². The number of ether oxygens (including phenoxy) is 3. The quantitative estimate of drug-likeness (QED) is 0.0761. The lowest BCUT2D eigenvalue weighted by Crippen LogP contribution is -2.60. The Labute approximate surface area is 244 Å². The van der Waals surface area contributed by atoms with Crippen LogP contribution in [0.3, 0.4) is 0 Å². The van der Waals surface area contributed by atoms with Crippen molar-refractivity contribution in [2.75, 3.05) is 6.61 Å². The number of aliphatic hydroxyl groups excluding tert-OH is 3. The molecule has 0 aliphatic carbocycles. The Morgan fingerprint density at radius 3 is 2.12 bits per heavy atom. The third-order valence-corrected chi connectivity index (χ3v) is 6.41. The van der Waals surface area contributed by atoms with Gasteiger partial charge in [0, 0.05) is 6.08 Å². The molecule has 8 N–H and O–H groups in total. The van der Waals surface area contributed by atoms with Gasteiger partial charge >= 0.3 is 5.97 Å². The molecule has 4 rings (SSSR count). The number of rotatable bonds is 9. The van der Waals surface area contributed by atoms with Crippen molar-refractivity contribution in [2.45, 2.75) is 30.7 Å². The summed E-state index contributed by atoms with van der Waals surface area (Å²) in [6, 6.07) is 12.0. The predicted octanol–water partition coefficient (Wildman–Crippen LogP) is 1.55. The maximum Gasteiger partial charge on any atom is 0.330 e. The molecule has 43 heavy (non-hydrogen) atoms. The first-order valence-electron chi connectivity index (χ1n) is 12.7. The summed E-state index contributed by atoms with van der Waals surface area (Å²) < 4.78 is 16.0. The molecular formula is C30H28O13. The number of carbonyl (C=O) groups is 2. The zero-order valence-corrected chi connectivity index (χ0v) is 22.2. The maximum absolute atomic E-state index is 12.6. The molecule has 1 aliphatic heterocycles. The Bertz CT molecular complexity index is 1530. The van der Waals surface area contributed by atoms with Crippen LogP contribution in [0.5, 0.6) is 34.5 Å². The first-order valence-corrected chi connectivity index (χ1v) is 12.7. The minimum atomic E-state index is -1.83. The van der Waals surface area contributed by atoms with E-state index in [4.69, 9.17) is 14.2 Å². The van der Waals surface area contributed by atoms with Gasteiger partial charge in [-0.05, 0) is 59.7 Å². The average Bonchev–Trinajstić information content (AvgIpc) is 2.99. The molecule has 3 aromatic rings. The second kappa shape index (κ2) is 13.3. The number of allylic oxidation sites excluding steroid dienone is 1. The van der Waals surface area contributed by atoms with Gasteiger partial charge in [-0.3, -0.25) is 4.79 Å². The van der Waals surface area contributed by atoms with Gasteiger partial charge in [-0.2, -0.15) is 0 Å². The van der Waals surface area contributed by atoms with Gasteiger partial charge in [-0.15, -0.1) is 0 Å². The zero-order valence-electron chi connectivity index (χ0n) is 22.2.